The highest BCUT2D eigenvalue weighted by Gasteiger charge is 2.18. The molecule has 4 N–H and O–H groups in total. The van der Waals surface area contributed by atoms with Gasteiger partial charge >= 0.3 is 0 Å². The molecule has 0 saturated carbocycles. The molecule has 1 aromatic rings. The molecule has 1 rings (SSSR count). The predicted octanol–water partition coefficient (Wildman–Crippen LogP) is 2.09. The lowest BCUT2D eigenvalue weighted by atomic mass is 10.1. The molecule has 6 nitrogen and oxygen atoms in total. The van der Waals surface area contributed by atoms with Gasteiger partial charge in [-0.1, -0.05) is 31.6 Å². The molecule has 1 heterocycles. The van der Waals surface area contributed by atoms with Crippen molar-refractivity contribution in [1.82, 2.24) is 10.3 Å². The number of carbonyl (C=O) groups excluding carboxylic acids is 1. The molecule has 1 aromatic heterocycles. The van der Waals surface area contributed by atoms with Gasteiger partial charge in [-0.3, -0.25) is 4.79 Å². The van der Waals surface area contributed by atoms with Crippen molar-refractivity contribution in [2.45, 2.75) is 39.2 Å². The number of amides is 1. The minimum atomic E-state index is -0.139. The number of nitrogen functional groups attached to an aromatic ring is 1. The molecule has 0 bridgehead atoms. The fourth-order valence-corrected chi connectivity index (χ4v) is 2.62. The van der Waals surface area contributed by atoms with Crippen molar-refractivity contribution in [1.29, 1.82) is 0 Å². The fraction of sp³-hybridized carbons (Fsp3) is 0.692. The summed E-state index contributed by atoms with van der Waals surface area (Å²) in [6, 6.07) is 0.193. The number of ether oxygens (including phenoxy) is 1. The van der Waals surface area contributed by atoms with Gasteiger partial charge in [-0.2, -0.15) is 0 Å². The maximum absolute atomic E-state index is 12.2. The average Bonchev–Trinajstić information content (AvgIpc) is 2.79. The summed E-state index contributed by atoms with van der Waals surface area (Å²) >= 11 is 1.27. The Hall–Kier alpha value is -1.34. The second-order valence-corrected chi connectivity index (χ2v) is 5.52. The molecule has 114 valence electrons. The first-order valence-corrected chi connectivity index (χ1v) is 7.73. The van der Waals surface area contributed by atoms with E-state index < -0.39 is 0 Å². The molecule has 0 radical (unpaired) electrons. The normalized spacial score (nSPS) is 12.2. The molecule has 1 amide bonds. The third kappa shape index (κ3) is 4.97. The van der Waals surface area contributed by atoms with Crippen LogP contribution in [0.15, 0.2) is 0 Å². The van der Waals surface area contributed by atoms with Crippen molar-refractivity contribution in [3.05, 3.63) is 4.88 Å². The maximum atomic E-state index is 12.2. The van der Waals surface area contributed by atoms with Crippen LogP contribution in [0.2, 0.25) is 0 Å². The molecule has 20 heavy (non-hydrogen) atoms. The van der Waals surface area contributed by atoms with Crippen LogP contribution in [0.5, 0.6) is 0 Å². The van der Waals surface area contributed by atoms with Crippen molar-refractivity contribution in [2.24, 2.45) is 0 Å². The van der Waals surface area contributed by atoms with Crippen LogP contribution in [-0.4, -0.2) is 37.2 Å². The van der Waals surface area contributed by atoms with E-state index in [9.17, 15) is 4.79 Å². The zero-order valence-corrected chi connectivity index (χ0v) is 13.2. The van der Waals surface area contributed by atoms with Gasteiger partial charge in [0, 0.05) is 19.7 Å². The van der Waals surface area contributed by atoms with Crippen LogP contribution >= 0.6 is 11.3 Å². The van der Waals surface area contributed by atoms with Crippen LogP contribution in [0.4, 0.5) is 10.9 Å². The molecule has 0 aliphatic rings. The quantitative estimate of drug-likeness (QED) is 0.608. The highest BCUT2D eigenvalue weighted by Crippen LogP contribution is 2.24. The van der Waals surface area contributed by atoms with Crippen molar-refractivity contribution in [2.75, 3.05) is 31.3 Å². The summed E-state index contributed by atoms with van der Waals surface area (Å²) in [7, 11) is 1.63. The molecular formula is C13H24N4O2S. The first kappa shape index (κ1) is 16.7. The van der Waals surface area contributed by atoms with E-state index in [2.05, 4.69) is 29.5 Å². The van der Waals surface area contributed by atoms with Crippen molar-refractivity contribution in [3.63, 3.8) is 0 Å². The highest BCUT2D eigenvalue weighted by atomic mass is 32.1. The Labute approximate surface area is 124 Å². The number of nitrogens with two attached hydrogens (primary N) is 1. The number of nitrogens with zero attached hydrogens (tertiary/aromatic N) is 1. The first-order chi connectivity index (χ1) is 9.62. The van der Waals surface area contributed by atoms with Crippen molar-refractivity contribution in [3.8, 4) is 0 Å². The Bertz CT molecular complexity index is 423. The van der Waals surface area contributed by atoms with E-state index in [1.807, 2.05) is 0 Å². The lowest BCUT2D eigenvalue weighted by Crippen LogP contribution is -2.34. The third-order valence-corrected chi connectivity index (χ3v) is 3.93. The van der Waals surface area contributed by atoms with Crippen LogP contribution < -0.4 is 16.4 Å². The van der Waals surface area contributed by atoms with Crippen LogP contribution in [0.1, 0.15) is 42.8 Å². The zero-order chi connectivity index (χ0) is 15.0. The second kappa shape index (κ2) is 8.76. The van der Waals surface area contributed by atoms with E-state index in [0.29, 0.717) is 23.2 Å². The average molecular weight is 300 g/mol. The minimum absolute atomic E-state index is 0.139. The Balaban J connectivity index is 2.63. The SMILES string of the molecule is CCCC(CC)NC(=O)c1sc(NCCOC)nc1N. The van der Waals surface area contributed by atoms with E-state index in [1.54, 1.807) is 7.11 Å². The van der Waals surface area contributed by atoms with Gasteiger partial charge in [-0.05, 0) is 12.8 Å². The van der Waals surface area contributed by atoms with Crippen LogP contribution in [0.25, 0.3) is 0 Å². The Morgan fingerprint density at radius 3 is 2.85 bits per heavy atom. The van der Waals surface area contributed by atoms with Gasteiger partial charge in [-0.15, -0.1) is 0 Å². The third-order valence-electron chi connectivity index (χ3n) is 2.91. The largest absolute Gasteiger partial charge is 0.383 e. The summed E-state index contributed by atoms with van der Waals surface area (Å²) in [4.78, 5) is 16.8. The zero-order valence-electron chi connectivity index (χ0n) is 12.4. The molecule has 0 aromatic carbocycles. The van der Waals surface area contributed by atoms with E-state index in [4.69, 9.17) is 10.5 Å². The summed E-state index contributed by atoms with van der Waals surface area (Å²) in [5.41, 5.74) is 5.80. The number of carbonyl (C=O) groups is 1. The van der Waals surface area contributed by atoms with Crippen molar-refractivity contribution < 1.29 is 9.53 Å². The van der Waals surface area contributed by atoms with Gasteiger partial charge in [0.15, 0.2) is 5.13 Å². The summed E-state index contributed by atoms with van der Waals surface area (Å²) < 4.78 is 4.95. The maximum Gasteiger partial charge on any atom is 0.265 e. The lowest BCUT2D eigenvalue weighted by Gasteiger charge is -2.15. The topological polar surface area (TPSA) is 89.3 Å². The summed E-state index contributed by atoms with van der Waals surface area (Å²) in [5, 5.41) is 6.73. The van der Waals surface area contributed by atoms with E-state index in [-0.39, 0.29) is 17.8 Å². The molecule has 0 aliphatic carbocycles. The van der Waals surface area contributed by atoms with Gasteiger partial charge < -0.3 is 21.1 Å². The van der Waals surface area contributed by atoms with Gasteiger partial charge in [0.2, 0.25) is 0 Å². The molecule has 0 aliphatic heterocycles. The van der Waals surface area contributed by atoms with Gasteiger partial charge in [0.25, 0.3) is 5.91 Å². The minimum Gasteiger partial charge on any atom is -0.383 e. The number of hydrogen-bond donors (Lipinski definition) is 3. The van der Waals surface area contributed by atoms with Gasteiger partial charge in [0.05, 0.1) is 6.61 Å². The van der Waals surface area contributed by atoms with Crippen molar-refractivity contribution >= 4 is 28.2 Å². The Morgan fingerprint density at radius 2 is 2.25 bits per heavy atom. The molecule has 1 unspecified atom stereocenters. The molecular weight excluding hydrogens is 276 g/mol. The molecule has 1 atom stereocenters. The van der Waals surface area contributed by atoms with E-state index in [1.165, 1.54) is 11.3 Å². The number of rotatable bonds is 9. The number of thiazole rings is 1. The number of methoxy groups -OCH3 is 1. The lowest BCUT2D eigenvalue weighted by molar-refractivity contribution is 0.0938. The van der Waals surface area contributed by atoms with Crippen LogP contribution in [0.3, 0.4) is 0 Å². The van der Waals surface area contributed by atoms with Gasteiger partial charge in [-0.25, -0.2) is 4.98 Å². The van der Waals surface area contributed by atoms with Crippen LogP contribution in [-0.2, 0) is 4.74 Å². The summed E-state index contributed by atoms with van der Waals surface area (Å²) in [5.74, 6) is 0.138. The van der Waals surface area contributed by atoms with E-state index >= 15 is 0 Å². The first-order valence-electron chi connectivity index (χ1n) is 6.92. The summed E-state index contributed by atoms with van der Waals surface area (Å²) in [6.07, 6.45) is 2.93. The highest BCUT2D eigenvalue weighted by molar-refractivity contribution is 7.18. The second-order valence-electron chi connectivity index (χ2n) is 4.52. The standard InChI is InChI=1S/C13H24N4O2S/c1-4-6-9(5-2)16-12(18)10-11(14)17-13(20-10)15-7-8-19-3/h9H,4-8,14H2,1-3H3,(H,15,17)(H,16,18). The number of aromatic nitrogens is 1. The predicted molar refractivity (Wildman–Crippen MR) is 83.3 cm³/mol. The number of hydrogen-bond acceptors (Lipinski definition) is 6. The molecule has 7 heteroatoms. The molecule has 0 spiro atoms. The molecule has 0 saturated heterocycles. The molecule has 0 fully saturated rings. The monoisotopic (exact) mass is 300 g/mol. The Morgan fingerprint density at radius 1 is 1.50 bits per heavy atom. The number of nitrogens with one attached hydrogen (secondary N) is 2. The van der Waals surface area contributed by atoms with Gasteiger partial charge in [0.1, 0.15) is 10.7 Å². The van der Waals surface area contributed by atoms with E-state index in [0.717, 1.165) is 19.3 Å². The Kier molecular flexibility index (Phi) is 7.32. The smallest absolute Gasteiger partial charge is 0.265 e. The number of anilines is 2. The fourth-order valence-electron chi connectivity index (χ4n) is 1.81. The van der Waals surface area contributed by atoms with Crippen LogP contribution in [0, 0.1) is 0 Å². The summed E-state index contributed by atoms with van der Waals surface area (Å²) in [6.45, 7) is 5.38.